The molecule has 1 saturated heterocycles. The van der Waals surface area contributed by atoms with Crippen LogP contribution in [0.3, 0.4) is 0 Å². The largest absolute Gasteiger partial charge is 0.497 e. The molecule has 166 valence electrons. The van der Waals surface area contributed by atoms with E-state index in [9.17, 15) is 4.79 Å². The molecule has 2 heterocycles. The number of nitrogens with zero attached hydrogens (tertiary/aromatic N) is 4. The third-order valence-electron chi connectivity index (χ3n) is 5.78. The summed E-state index contributed by atoms with van der Waals surface area (Å²) in [6.45, 7) is 6.78. The zero-order valence-electron chi connectivity index (χ0n) is 18.6. The lowest BCUT2D eigenvalue weighted by atomic mass is 10.0. The van der Waals surface area contributed by atoms with Crippen LogP contribution in [0.4, 0.5) is 5.82 Å². The molecule has 0 aliphatic carbocycles. The molecule has 4 rings (SSSR count). The molecule has 1 aliphatic heterocycles. The summed E-state index contributed by atoms with van der Waals surface area (Å²) in [6, 6.07) is 15.6. The number of piperazine rings is 1. The summed E-state index contributed by atoms with van der Waals surface area (Å²) in [4.78, 5) is 26.5. The van der Waals surface area contributed by atoms with Crippen molar-refractivity contribution in [3.63, 3.8) is 0 Å². The molecule has 1 fully saturated rings. The zero-order valence-corrected chi connectivity index (χ0v) is 20.2. The van der Waals surface area contributed by atoms with Crippen molar-refractivity contribution in [3.05, 3.63) is 81.2 Å². The van der Waals surface area contributed by atoms with Crippen LogP contribution in [0.25, 0.3) is 0 Å². The van der Waals surface area contributed by atoms with Gasteiger partial charge in [0, 0.05) is 53.9 Å². The smallest absolute Gasteiger partial charge is 0.253 e. The lowest BCUT2D eigenvalue weighted by Gasteiger charge is -2.36. The molecular weight excluding hydrogens is 468 g/mol. The first-order chi connectivity index (χ1) is 15.4. The fourth-order valence-electron chi connectivity index (χ4n) is 4.07. The molecule has 0 saturated carbocycles. The standard InChI is InChI=1S/C25H27BrN4O2/c1-17-23(16-19-5-4-6-22(15-19)32-3)24(28-18(2)27-17)29-11-13-30(14-12-29)25(31)20-7-9-21(26)10-8-20/h4-10,15H,11-14,16H2,1-3H3. The lowest BCUT2D eigenvalue weighted by molar-refractivity contribution is 0.0746. The molecule has 3 aromatic rings. The SMILES string of the molecule is COc1cccc(Cc2c(C)nc(C)nc2N2CCN(C(=O)c3ccc(Br)cc3)CC2)c1. The average Bonchev–Trinajstić information content (AvgIpc) is 2.81. The van der Waals surface area contributed by atoms with Gasteiger partial charge < -0.3 is 14.5 Å². The summed E-state index contributed by atoms with van der Waals surface area (Å²) in [5.74, 6) is 2.65. The van der Waals surface area contributed by atoms with Gasteiger partial charge in [0.2, 0.25) is 0 Å². The number of ether oxygens (including phenoxy) is 1. The number of aromatic nitrogens is 2. The normalized spacial score (nSPS) is 13.9. The number of anilines is 1. The fraction of sp³-hybridized carbons (Fsp3) is 0.320. The first kappa shape index (κ1) is 22.3. The van der Waals surface area contributed by atoms with Crippen molar-refractivity contribution in [2.75, 3.05) is 38.2 Å². The Morgan fingerprint density at radius 2 is 1.75 bits per heavy atom. The highest BCUT2D eigenvalue weighted by Crippen LogP contribution is 2.26. The number of halogens is 1. The summed E-state index contributed by atoms with van der Waals surface area (Å²) >= 11 is 3.42. The zero-order chi connectivity index (χ0) is 22.7. The van der Waals surface area contributed by atoms with E-state index < -0.39 is 0 Å². The number of hydrogen-bond acceptors (Lipinski definition) is 5. The summed E-state index contributed by atoms with van der Waals surface area (Å²) in [6.07, 6.45) is 0.733. The van der Waals surface area contributed by atoms with Crippen LogP contribution in [0.5, 0.6) is 5.75 Å². The summed E-state index contributed by atoms with van der Waals surface area (Å²) in [7, 11) is 1.68. The maximum absolute atomic E-state index is 12.9. The van der Waals surface area contributed by atoms with E-state index >= 15 is 0 Å². The van der Waals surface area contributed by atoms with Crippen molar-refractivity contribution in [3.8, 4) is 5.75 Å². The van der Waals surface area contributed by atoms with Gasteiger partial charge in [-0.1, -0.05) is 28.1 Å². The van der Waals surface area contributed by atoms with E-state index in [2.05, 4.69) is 37.9 Å². The van der Waals surface area contributed by atoms with Gasteiger partial charge in [0.05, 0.1) is 7.11 Å². The van der Waals surface area contributed by atoms with Gasteiger partial charge in [-0.3, -0.25) is 4.79 Å². The van der Waals surface area contributed by atoms with Gasteiger partial charge in [0.1, 0.15) is 17.4 Å². The third-order valence-corrected chi connectivity index (χ3v) is 6.31. The predicted octanol–water partition coefficient (Wildman–Crippen LogP) is 4.42. The Morgan fingerprint density at radius 3 is 2.44 bits per heavy atom. The van der Waals surface area contributed by atoms with Crippen LogP contribution in [-0.2, 0) is 6.42 Å². The molecule has 0 radical (unpaired) electrons. The molecule has 7 heteroatoms. The maximum atomic E-state index is 12.9. The molecule has 1 aromatic heterocycles. The number of carbonyl (C=O) groups excluding carboxylic acids is 1. The quantitative estimate of drug-likeness (QED) is 0.525. The highest BCUT2D eigenvalue weighted by molar-refractivity contribution is 9.10. The number of aryl methyl sites for hydroxylation is 2. The van der Waals surface area contributed by atoms with Crippen molar-refractivity contribution in [1.82, 2.24) is 14.9 Å². The van der Waals surface area contributed by atoms with Gasteiger partial charge in [0.15, 0.2) is 0 Å². The van der Waals surface area contributed by atoms with Gasteiger partial charge in [0.25, 0.3) is 5.91 Å². The van der Waals surface area contributed by atoms with E-state index in [4.69, 9.17) is 9.72 Å². The van der Waals surface area contributed by atoms with Crippen LogP contribution in [0, 0.1) is 13.8 Å². The molecule has 0 N–H and O–H groups in total. The van der Waals surface area contributed by atoms with Crippen molar-refractivity contribution in [1.29, 1.82) is 0 Å². The Balaban J connectivity index is 1.52. The molecule has 0 unspecified atom stereocenters. The second-order valence-electron chi connectivity index (χ2n) is 7.97. The van der Waals surface area contributed by atoms with Gasteiger partial charge in [-0.25, -0.2) is 9.97 Å². The number of benzene rings is 2. The van der Waals surface area contributed by atoms with Crippen molar-refractivity contribution < 1.29 is 9.53 Å². The summed E-state index contributed by atoms with van der Waals surface area (Å²) < 4.78 is 6.35. The fourth-order valence-corrected chi connectivity index (χ4v) is 4.33. The minimum atomic E-state index is 0.0730. The number of carbonyl (C=O) groups is 1. The van der Waals surface area contributed by atoms with E-state index in [0.717, 1.165) is 58.2 Å². The minimum absolute atomic E-state index is 0.0730. The second kappa shape index (κ2) is 9.69. The topological polar surface area (TPSA) is 58.6 Å². The summed E-state index contributed by atoms with van der Waals surface area (Å²) in [5.41, 5.74) is 3.99. The Bertz CT molecular complexity index is 1110. The monoisotopic (exact) mass is 494 g/mol. The minimum Gasteiger partial charge on any atom is -0.497 e. The number of rotatable bonds is 5. The van der Waals surface area contributed by atoms with Crippen LogP contribution in [0.1, 0.15) is 33.0 Å². The highest BCUT2D eigenvalue weighted by Gasteiger charge is 2.25. The first-order valence-corrected chi connectivity index (χ1v) is 11.5. The number of methoxy groups -OCH3 is 1. The van der Waals surface area contributed by atoms with Crippen molar-refractivity contribution in [2.45, 2.75) is 20.3 Å². The van der Waals surface area contributed by atoms with Crippen LogP contribution in [0.15, 0.2) is 53.0 Å². The lowest BCUT2D eigenvalue weighted by Crippen LogP contribution is -2.49. The molecular formula is C25H27BrN4O2. The Labute approximate surface area is 197 Å². The van der Waals surface area contributed by atoms with Gasteiger partial charge in [-0.15, -0.1) is 0 Å². The predicted molar refractivity (Wildman–Crippen MR) is 130 cm³/mol. The third kappa shape index (κ3) is 4.93. The Hall–Kier alpha value is -2.93. The van der Waals surface area contributed by atoms with Crippen molar-refractivity contribution in [2.24, 2.45) is 0 Å². The van der Waals surface area contributed by atoms with E-state index in [0.29, 0.717) is 18.7 Å². The van der Waals surface area contributed by atoms with Crippen LogP contribution < -0.4 is 9.64 Å². The van der Waals surface area contributed by atoms with Gasteiger partial charge in [-0.2, -0.15) is 0 Å². The van der Waals surface area contributed by atoms with Crippen LogP contribution in [-0.4, -0.2) is 54.1 Å². The Kier molecular flexibility index (Phi) is 6.74. The van der Waals surface area contributed by atoms with E-state index in [1.165, 1.54) is 0 Å². The van der Waals surface area contributed by atoms with Gasteiger partial charge >= 0.3 is 0 Å². The molecule has 0 bridgehead atoms. The number of hydrogen-bond donors (Lipinski definition) is 0. The van der Waals surface area contributed by atoms with Crippen LogP contribution in [0.2, 0.25) is 0 Å². The van der Waals surface area contributed by atoms with Crippen LogP contribution >= 0.6 is 15.9 Å². The molecule has 1 amide bonds. The molecule has 0 spiro atoms. The molecule has 1 aliphatic rings. The summed E-state index contributed by atoms with van der Waals surface area (Å²) in [5, 5.41) is 0. The molecule has 2 aromatic carbocycles. The van der Waals surface area contributed by atoms with E-state index in [1.54, 1.807) is 7.11 Å². The van der Waals surface area contributed by atoms with E-state index in [1.807, 2.05) is 55.1 Å². The molecule has 0 atom stereocenters. The highest BCUT2D eigenvalue weighted by atomic mass is 79.9. The van der Waals surface area contributed by atoms with Gasteiger partial charge in [-0.05, 0) is 55.8 Å². The number of amides is 1. The maximum Gasteiger partial charge on any atom is 0.253 e. The molecule has 6 nitrogen and oxygen atoms in total. The molecule has 32 heavy (non-hydrogen) atoms. The second-order valence-corrected chi connectivity index (χ2v) is 8.89. The van der Waals surface area contributed by atoms with Crippen molar-refractivity contribution >= 4 is 27.7 Å². The average molecular weight is 495 g/mol. The Morgan fingerprint density at radius 1 is 1.03 bits per heavy atom. The van der Waals surface area contributed by atoms with E-state index in [-0.39, 0.29) is 5.91 Å². The first-order valence-electron chi connectivity index (χ1n) is 10.7.